The van der Waals surface area contributed by atoms with Gasteiger partial charge in [0.05, 0.1) is 6.54 Å². The van der Waals surface area contributed by atoms with E-state index in [1.807, 2.05) is 28.5 Å². The molecule has 0 bridgehead atoms. The van der Waals surface area contributed by atoms with Crippen LogP contribution in [0.5, 0.6) is 11.5 Å². The van der Waals surface area contributed by atoms with Gasteiger partial charge in [-0.05, 0) is 30.5 Å². The third kappa shape index (κ3) is 3.22. The lowest BCUT2D eigenvalue weighted by atomic mass is 10.1. The average Bonchev–Trinajstić information content (AvgIpc) is 3.34. The molecule has 1 atom stereocenters. The van der Waals surface area contributed by atoms with Crippen LogP contribution >= 0.6 is 11.3 Å². The standard InChI is InChI=1S/C17H18N2O4S/c20-17(14-2-1-6-21-14)19(10-16-18-5-7-24-16)9-12-3-4-13-15(8-12)23-11-22-13/h3-5,7-8,14H,1-2,6,9-11H2/t14-/m0/s1. The summed E-state index contributed by atoms with van der Waals surface area (Å²) >= 11 is 1.55. The number of ether oxygens (including phenoxy) is 3. The number of benzene rings is 1. The van der Waals surface area contributed by atoms with E-state index in [-0.39, 0.29) is 18.8 Å². The maximum absolute atomic E-state index is 12.8. The van der Waals surface area contributed by atoms with Gasteiger partial charge in [0.15, 0.2) is 11.5 Å². The third-order valence-electron chi connectivity index (χ3n) is 4.14. The van der Waals surface area contributed by atoms with Crippen LogP contribution in [0.15, 0.2) is 29.8 Å². The number of thiazole rings is 1. The van der Waals surface area contributed by atoms with E-state index in [1.165, 1.54) is 0 Å². The van der Waals surface area contributed by atoms with Gasteiger partial charge in [-0.25, -0.2) is 4.98 Å². The van der Waals surface area contributed by atoms with Crippen LogP contribution in [-0.2, 0) is 22.6 Å². The SMILES string of the molecule is O=C([C@@H]1CCCO1)N(Cc1ccc2c(c1)OCO2)Cc1nccs1. The first-order valence-electron chi connectivity index (χ1n) is 7.97. The quantitative estimate of drug-likeness (QED) is 0.833. The van der Waals surface area contributed by atoms with Crippen LogP contribution in [0.2, 0.25) is 0 Å². The summed E-state index contributed by atoms with van der Waals surface area (Å²) in [5.41, 5.74) is 1.00. The van der Waals surface area contributed by atoms with Crippen molar-refractivity contribution in [2.75, 3.05) is 13.4 Å². The Morgan fingerprint density at radius 1 is 1.29 bits per heavy atom. The monoisotopic (exact) mass is 346 g/mol. The molecule has 4 rings (SSSR count). The Labute approximate surface area is 144 Å². The van der Waals surface area contributed by atoms with Crippen LogP contribution < -0.4 is 9.47 Å². The van der Waals surface area contributed by atoms with E-state index in [0.717, 1.165) is 34.9 Å². The molecule has 1 saturated heterocycles. The van der Waals surface area contributed by atoms with Crippen molar-refractivity contribution in [2.45, 2.75) is 32.0 Å². The van der Waals surface area contributed by atoms with Gasteiger partial charge in [0.1, 0.15) is 11.1 Å². The van der Waals surface area contributed by atoms with E-state index in [2.05, 4.69) is 4.98 Å². The summed E-state index contributed by atoms with van der Waals surface area (Å²) in [6.07, 6.45) is 3.15. The van der Waals surface area contributed by atoms with Gasteiger partial charge in [-0.15, -0.1) is 11.3 Å². The van der Waals surface area contributed by atoms with Crippen molar-refractivity contribution in [3.8, 4) is 11.5 Å². The van der Waals surface area contributed by atoms with Crippen molar-refractivity contribution in [3.63, 3.8) is 0 Å². The van der Waals surface area contributed by atoms with Crippen LogP contribution in [0.4, 0.5) is 0 Å². The normalized spacial score (nSPS) is 18.8. The molecule has 2 aliphatic heterocycles. The maximum atomic E-state index is 12.8. The zero-order valence-corrected chi connectivity index (χ0v) is 14.0. The van der Waals surface area contributed by atoms with Gasteiger partial charge in [0.2, 0.25) is 6.79 Å². The van der Waals surface area contributed by atoms with E-state index < -0.39 is 0 Å². The highest BCUT2D eigenvalue weighted by Crippen LogP contribution is 2.33. The summed E-state index contributed by atoms with van der Waals surface area (Å²) < 4.78 is 16.3. The van der Waals surface area contributed by atoms with E-state index >= 15 is 0 Å². The highest BCUT2D eigenvalue weighted by Gasteiger charge is 2.29. The molecule has 0 unspecified atom stereocenters. The van der Waals surface area contributed by atoms with E-state index in [4.69, 9.17) is 14.2 Å². The maximum Gasteiger partial charge on any atom is 0.252 e. The number of aromatic nitrogens is 1. The summed E-state index contributed by atoms with van der Waals surface area (Å²) in [5, 5.41) is 2.84. The van der Waals surface area contributed by atoms with Crippen molar-refractivity contribution in [1.82, 2.24) is 9.88 Å². The summed E-state index contributed by atoms with van der Waals surface area (Å²) in [6, 6.07) is 5.78. The molecule has 1 amide bonds. The van der Waals surface area contributed by atoms with Crippen molar-refractivity contribution in [1.29, 1.82) is 0 Å². The zero-order valence-electron chi connectivity index (χ0n) is 13.1. The average molecular weight is 346 g/mol. The van der Waals surface area contributed by atoms with E-state index in [9.17, 15) is 4.79 Å². The van der Waals surface area contributed by atoms with Gasteiger partial charge < -0.3 is 19.1 Å². The number of nitrogens with zero attached hydrogens (tertiary/aromatic N) is 2. The molecule has 6 nitrogen and oxygen atoms in total. The first-order valence-corrected chi connectivity index (χ1v) is 8.85. The highest BCUT2D eigenvalue weighted by molar-refractivity contribution is 7.09. The molecule has 1 fully saturated rings. The Kier molecular flexibility index (Phi) is 4.36. The summed E-state index contributed by atoms with van der Waals surface area (Å²) in [4.78, 5) is 18.9. The largest absolute Gasteiger partial charge is 0.454 e. The highest BCUT2D eigenvalue weighted by atomic mass is 32.1. The molecule has 7 heteroatoms. The van der Waals surface area contributed by atoms with Crippen LogP contribution in [0.1, 0.15) is 23.4 Å². The number of hydrogen-bond acceptors (Lipinski definition) is 6. The zero-order chi connectivity index (χ0) is 16.4. The number of hydrogen-bond donors (Lipinski definition) is 0. The lowest BCUT2D eigenvalue weighted by Gasteiger charge is -2.24. The van der Waals surface area contributed by atoms with Gasteiger partial charge in [-0.2, -0.15) is 0 Å². The Morgan fingerprint density at radius 2 is 2.21 bits per heavy atom. The minimum absolute atomic E-state index is 0.0281. The molecule has 126 valence electrons. The number of fused-ring (bicyclic) bond motifs is 1. The second-order valence-corrected chi connectivity index (χ2v) is 6.79. The molecule has 0 spiro atoms. The minimum atomic E-state index is -0.334. The minimum Gasteiger partial charge on any atom is -0.454 e. The molecule has 0 N–H and O–H groups in total. The number of amides is 1. The van der Waals surface area contributed by atoms with Crippen LogP contribution in [0, 0.1) is 0 Å². The smallest absolute Gasteiger partial charge is 0.252 e. The summed E-state index contributed by atoms with van der Waals surface area (Å²) in [5.74, 6) is 1.50. The Hall–Kier alpha value is -2.12. The molecular formula is C17H18N2O4S. The Bertz CT molecular complexity index is 713. The van der Waals surface area contributed by atoms with Crippen molar-refractivity contribution < 1.29 is 19.0 Å². The molecule has 24 heavy (non-hydrogen) atoms. The molecule has 2 aromatic rings. The number of carbonyl (C=O) groups excluding carboxylic acids is 1. The Morgan fingerprint density at radius 3 is 3.00 bits per heavy atom. The van der Waals surface area contributed by atoms with Gasteiger partial charge >= 0.3 is 0 Å². The predicted octanol–water partition coefficient (Wildman–Crippen LogP) is 2.58. The molecule has 1 aromatic carbocycles. The fourth-order valence-corrected chi connectivity index (χ4v) is 3.57. The molecule has 1 aromatic heterocycles. The van der Waals surface area contributed by atoms with Gasteiger partial charge in [-0.1, -0.05) is 6.07 Å². The van der Waals surface area contributed by atoms with Crippen molar-refractivity contribution in [3.05, 3.63) is 40.3 Å². The van der Waals surface area contributed by atoms with Crippen molar-refractivity contribution in [2.24, 2.45) is 0 Å². The molecule has 2 aliphatic rings. The molecule has 0 saturated carbocycles. The van der Waals surface area contributed by atoms with Crippen LogP contribution in [-0.4, -0.2) is 35.3 Å². The van der Waals surface area contributed by atoms with E-state index in [0.29, 0.717) is 19.7 Å². The fraction of sp³-hybridized carbons (Fsp3) is 0.412. The van der Waals surface area contributed by atoms with E-state index in [1.54, 1.807) is 17.5 Å². The summed E-state index contributed by atoms with van der Waals surface area (Å²) in [6.45, 7) is 1.89. The molecular weight excluding hydrogens is 328 g/mol. The topological polar surface area (TPSA) is 60.9 Å². The molecule has 0 aliphatic carbocycles. The number of carbonyl (C=O) groups is 1. The summed E-state index contributed by atoms with van der Waals surface area (Å²) in [7, 11) is 0. The first-order chi connectivity index (χ1) is 11.8. The lowest BCUT2D eigenvalue weighted by molar-refractivity contribution is -0.142. The second-order valence-electron chi connectivity index (χ2n) is 5.81. The third-order valence-corrected chi connectivity index (χ3v) is 4.90. The molecule has 0 radical (unpaired) electrons. The van der Waals surface area contributed by atoms with Crippen LogP contribution in [0.3, 0.4) is 0 Å². The second kappa shape index (κ2) is 6.78. The fourth-order valence-electron chi connectivity index (χ4n) is 2.94. The van der Waals surface area contributed by atoms with Gasteiger partial charge in [0, 0.05) is 24.7 Å². The Balaban J connectivity index is 1.53. The van der Waals surface area contributed by atoms with Crippen LogP contribution in [0.25, 0.3) is 0 Å². The van der Waals surface area contributed by atoms with Crippen molar-refractivity contribution >= 4 is 17.2 Å². The number of rotatable bonds is 5. The van der Waals surface area contributed by atoms with Gasteiger partial charge in [-0.3, -0.25) is 4.79 Å². The lowest BCUT2D eigenvalue weighted by Crippen LogP contribution is -2.38. The van der Waals surface area contributed by atoms with Gasteiger partial charge in [0.25, 0.3) is 5.91 Å². The predicted molar refractivity (Wildman–Crippen MR) is 87.9 cm³/mol. The first kappa shape index (κ1) is 15.4. The molecule has 3 heterocycles.